The van der Waals surface area contributed by atoms with Gasteiger partial charge < -0.3 is 15.4 Å². The van der Waals surface area contributed by atoms with Gasteiger partial charge in [-0.1, -0.05) is 6.92 Å². The molecule has 0 aliphatic rings. The van der Waals surface area contributed by atoms with E-state index in [0.717, 1.165) is 19.6 Å². The fraction of sp³-hybridized carbons (Fsp3) is 1.00. The second-order valence-corrected chi connectivity index (χ2v) is 2.62. The molecule has 0 radical (unpaired) electrons. The summed E-state index contributed by atoms with van der Waals surface area (Å²) in [4.78, 5) is 2.07. The SMILES string of the molecule is CCC(N)OCCN(C)C. The van der Waals surface area contributed by atoms with Crippen molar-refractivity contribution in [3.05, 3.63) is 0 Å². The molecule has 0 amide bonds. The van der Waals surface area contributed by atoms with Crippen LogP contribution in [0, 0.1) is 0 Å². The van der Waals surface area contributed by atoms with Gasteiger partial charge in [0.25, 0.3) is 0 Å². The van der Waals surface area contributed by atoms with Gasteiger partial charge in [-0.25, -0.2) is 0 Å². The van der Waals surface area contributed by atoms with E-state index in [9.17, 15) is 0 Å². The Hall–Kier alpha value is -0.120. The zero-order chi connectivity index (χ0) is 7.98. The standard InChI is InChI=1S/C7H18N2O/c1-4-7(8)10-6-5-9(2)3/h7H,4-6,8H2,1-3H3. The van der Waals surface area contributed by atoms with Crippen LogP contribution in [0.4, 0.5) is 0 Å². The molecule has 0 aliphatic carbocycles. The van der Waals surface area contributed by atoms with Crippen LogP contribution >= 0.6 is 0 Å². The van der Waals surface area contributed by atoms with Crippen LogP contribution in [0.5, 0.6) is 0 Å². The van der Waals surface area contributed by atoms with Crippen molar-refractivity contribution >= 4 is 0 Å². The maximum Gasteiger partial charge on any atom is 0.105 e. The minimum absolute atomic E-state index is 0.0834. The van der Waals surface area contributed by atoms with Crippen LogP contribution in [0.15, 0.2) is 0 Å². The van der Waals surface area contributed by atoms with Gasteiger partial charge in [0.1, 0.15) is 6.23 Å². The average molecular weight is 146 g/mol. The average Bonchev–Trinajstić information content (AvgIpc) is 1.87. The topological polar surface area (TPSA) is 38.5 Å². The highest BCUT2D eigenvalue weighted by Gasteiger charge is 1.97. The summed E-state index contributed by atoms with van der Waals surface area (Å²) in [5.41, 5.74) is 5.52. The Bertz CT molecular complexity index is 76.0. The molecule has 0 spiro atoms. The minimum Gasteiger partial charge on any atom is -0.362 e. The van der Waals surface area contributed by atoms with Crippen LogP contribution < -0.4 is 5.73 Å². The summed E-state index contributed by atoms with van der Waals surface area (Å²) in [5, 5.41) is 0. The summed E-state index contributed by atoms with van der Waals surface area (Å²) in [7, 11) is 4.03. The lowest BCUT2D eigenvalue weighted by Gasteiger charge is -2.13. The van der Waals surface area contributed by atoms with E-state index in [0.29, 0.717) is 0 Å². The van der Waals surface area contributed by atoms with E-state index < -0.39 is 0 Å². The van der Waals surface area contributed by atoms with Gasteiger partial charge in [0.2, 0.25) is 0 Å². The largest absolute Gasteiger partial charge is 0.362 e. The van der Waals surface area contributed by atoms with Gasteiger partial charge in [-0.05, 0) is 20.5 Å². The molecule has 10 heavy (non-hydrogen) atoms. The third kappa shape index (κ3) is 6.01. The summed E-state index contributed by atoms with van der Waals surface area (Å²) in [6.07, 6.45) is 0.799. The van der Waals surface area contributed by atoms with Crippen LogP contribution in [0.2, 0.25) is 0 Å². The maximum atomic E-state index is 5.52. The van der Waals surface area contributed by atoms with E-state index >= 15 is 0 Å². The summed E-state index contributed by atoms with van der Waals surface area (Å²) in [6.45, 7) is 3.68. The second-order valence-electron chi connectivity index (χ2n) is 2.62. The Morgan fingerprint density at radius 1 is 1.50 bits per heavy atom. The molecule has 0 fully saturated rings. The first-order valence-corrected chi connectivity index (χ1v) is 3.68. The normalized spacial score (nSPS) is 14.1. The van der Waals surface area contributed by atoms with Crippen LogP contribution in [-0.4, -0.2) is 38.4 Å². The fourth-order valence-electron chi connectivity index (χ4n) is 0.505. The first-order valence-electron chi connectivity index (χ1n) is 3.68. The van der Waals surface area contributed by atoms with Crippen molar-refractivity contribution in [2.24, 2.45) is 5.73 Å². The third-order valence-electron chi connectivity index (χ3n) is 1.27. The van der Waals surface area contributed by atoms with Gasteiger partial charge in [-0.15, -0.1) is 0 Å². The first kappa shape index (κ1) is 9.88. The molecular weight excluding hydrogens is 128 g/mol. The number of hydrogen-bond acceptors (Lipinski definition) is 3. The Balaban J connectivity index is 3.03. The number of nitrogens with two attached hydrogens (primary N) is 1. The van der Waals surface area contributed by atoms with Crippen LogP contribution in [0.1, 0.15) is 13.3 Å². The maximum absolute atomic E-state index is 5.52. The Morgan fingerprint density at radius 2 is 2.10 bits per heavy atom. The van der Waals surface area contributed by atoms with Gasteiger partial charge in [-0.2, -0.15) is 0 Å². The highest BCUT2D eigenvalue weighted by molar-refractivity contribution is 4.44. The molecule has 62 valence electrons. The first-order chi connectivity index (χ1) is 4.66. The summed E-state index contributed by atoms with van der Waals surface area (Å²) in [5.74, 6) is 0. The van der Waals surface area contributed by atoms with Crippen molar-refractivity contribution in [3.63, 3.8) is 0 Å². The zero-order valence-corrected chi connectivity index (χ0v) is 7.13. The fourth-order valence-corrected chi connectivity index (χ4v) is 0.505. The van der Waals surface area contributed by atoms with Gasteiger partial charge in [0.15, 0.2) is 0 Å². The van der Waals surface area contributed by atoms with Gasteiger partial charge in [-0.3, -0.25) is 0 Å². The molecule has 0 aromatic heterocycles. The molecule has 3 nitrogen and oxygen atoms in total. The Labute approximate surface area is 63.1 Å². The molecule has 0 saturated carbocycles. The van der Waals surface area contributed by atoms with Crippen LogP contribution in [0.25, 0.3) is 0 Å². The molecule has 3 heteroatoms. The van der Waals surface area contributed by atoms with E-state index in [4.69, 9.17) is 10.5 Å². The predicted octanol–water partition coefficient (Wildman–Crippen LogP) is 0.259. The van der Waals surface area contributed by atoms with E-state index in [1.165, 1.54) is 0 Å². The molecule has 0 aliphatic heterocycles. The highest BCUT2D eigenvalue weighted by atomic mass is 16.5. The summed E-state index contributed by atoms with van der Waals surface area (Å²) in [6, 6.07) is 0. The van der Waals surface area contributed by atoms with Crippen LogP contribution in [-0.2, 0) is 4.74 Å². The number of nitrogens with zero attached hydrogens (tertiary/aromatic N) is 1. The van der Waals surface area contributed by atoms with Crippen molar-refractivity contribution in [1.29, 1.82) is 0 Å². The molecule has 0 saturated heterocycles. The number of ether oxygens (including phenoxy) is 1. The monoisotopic (exact) mass is 146 g/mol. The lowest BCUT2D eigenvalue weighted by molar-refractivity contribution is 0.0462. The molecule has 0 aromatic carbocycles. The van der Waals surface area contributed by atoms with Crippen molar-refractivity contribution in [2.45, 2.75) is 19.6 Å². The third-order valence-corrected chi connectivity index (χ3v) is 1.27. The van der Waals surface area contributed by atoms with Gasteiger partial charge in [0.05, 0.1) is 6.61 Å². The number of hydrogen-bond donors (Lipinski definition) is 1. The molecule has 1 unspecified atom stereocenters. The minimum atomic E-state index is -0.0834. The van der Waals surface area contributed by atoms with Crippen LogP contribution in [0.3, 0.4) is 0 Å². The lowest BCUT2D eigenvalue weighted by atomic mass is 10.4. The van der Waals surface area contributed by atoms with Crippen molar-refractivity contribution in [3.8, 4) is 0 Å². The zero-order valence-electron chi connectivity index (χ0n) is 7.13. The Kier molecular flexibility index (Phi) is 5.58. The smallest absolute Gasteiger partial charge is 0.105 e. The molecule has 0 heterocycles. The second kappa shape index (κ2) is 5.65. The van der Waals surface area contributed by atoms with Crippen molar-refractivity contribution < 1.29 is 4.74 Å². The lowest BCUT2D eigenvalue weighted by Crippen LogP contribution is -2.27. The number of rotatable bonds is 5. The summed E-state index contributed by atoms with van der Waals surface area (Å²) >= 11 is 0. The van der Waals surface area contributed by atoms with E-state index in [-0.39, 0.29) is 6.23 Å². The molecule has 0 bridgehead atoms. The van der Waals surface area contributed by atoms with E-state index in [1.54, 1.807) is 0 Å². The number of likely N-dealkylation sites (N-methyl/N-ethyl adjacent to an activating group) is 1. The van der Waals surface area contributed by atoms with E-state index in [1.807, 2.05) is 21.0 Å². The molecule has 0 rings (SSSR count). The van der Waals surface area contributed by atoms with Gasteiger partial charge in [0, 0.05) is 6.54 Å². The highest BCUT2D eigenvalue weighted by Crippen LogP contribution is 1.88. The quantitative estimate of drug-likeness (QED) is 0.565. The van der Waals surface area contributed by atoms with Gasteiger partial charge >= 0.3 is 0 Å². The summed E-state index contributed by atoms with van der Waals surface area (Å²) < 4.78 is 5.24. The molecule has 1 atom stereocenters. The predicted molar refractivity (Wildman–Crippen MR) is 42.8 cm³/mol. The van der Waals surface area contributed by atoms with Crippen molar-refractivity contribution in [1.82, 2.24) is 4.90 Å². The molecule has 0 aromatic rings. The Morgan fingerprint density at radius 3 is 2.50 bits per heavy atom. The molecular formula is C7H18N2O. The molecule has 2 N–H and O–H groups in total. The van der Waals surface area contributed by atoms with E-state index in [2.05, 4.69) is 4.90 Å². The van der Waals surface area contributed by atoms with Crippen molar-refractivity contribution in [2.75, 3.05) is 27.2 Å².